The maximum Gasteiger partial charge on any atom is 0.0442 e. The molecule has 3 aromatic carbocycles. The fourth-order valence-electron chi connectivity index (χ4n) is 4.64. The van der Waals surface area contributed by atoms with Crippen LogP contribution in [0.4, 0.5) is 11.4 Å². The molecule has 0 saturated carbocycles. The fourth-order valence-corrected chi connectivity index (χ4v) is 4.64. The molecule has 2 heteroatoms. The Hall–Kier alpha value is -3.78. The third-order valence-corrected chi connectivity index (χ3v) is 6.96. The van der Waals surface area contributed by atoms with Gasteiger partial charge in [0.15, 0.2) is 0 Å². The zero-order chi connectivity index (χ0) is 27.3. The molecule has 0 N–H and O–H groups in total. The van der Waals surface area contributed by atoms with Crippen LogP contribution in [0.25, 0.3) is 24.3 Å². The van der Waals surface area contributed by atoms with Gasteiger partial charge in [-0.15, -0.1) is 0 Å². The molecule has 38 heavy (non-hydrogen) atoms. The van der Waals surface area contributed by atoms with Crippen molar-refractivity contribution in [1.29, 1.82) is 0 Å². The molecule has 3 aromatic rings. The lowest BCUT2D eigenvalue weighted by atomic mass is 10.1. The SMILES string of the molecule is CCN(CC)c1ccc(C=CC=Cc2ccc(C=CC=Cc3ccc(C)cc3N(CC)CC)cc2)c(C)c1. The first-order chi connectivity index (χ1) is 18.5. The van der Waals surface area contributed by atoms with Crippen molar-refractivity contribution in [2.24, 2.45) is 0 Å². The van der Waals surface area contributed by atoms with E-state index in [9.17, 15) is 0 Å². The summed E-state index contributed by atoms with van der Waals surface area (Å²) in [5.41, 5.74) is 10.1. The van der Waals surface area contributed by atoms with Gasteiger partial charge in [-0.1, -0.05) is 91.1 Å². The Balaban J connectivity index is 1.59. The predicted octanol–water partition coefficient (Wildman–Crippen LogP) is 9.45. The Labute approximate surface area is 231 Å². The van der Waals surface area contributed by atoms with Crippen LogP contribution in [-0.2, 0) is 0 Å². The van der Waals surface area contributed by atoms with Crippen molar-refractivity contribution in [3.63, 3.8) is 0 Å². The Kier molecular flexibility index (Phi) is 11.2. The molecule has 0 heterocycles. The Morgan fingerprint density at radius 3 is 1.55 bits per heavy atom. The van der Waals surface area contributed by atoms with Gasteiger partial charge in [-0.05, 0) is 93.1 Å². The van der Waals surface area contributed by atoms with Crippen LogP contribution in [0.2, 0.25) is 0 Å². The van der Waals surface area contributed by atoms with Gasteiger partial charge >= 0.3 is 0 Å². The molecule has 0 spiro atoms. The zero-order valence-electron chi connectivity index (χ0n) is 24.1. The average Bonchev–Trinajstić information content (AvgIpc) is 2.93. The first kappa shape index (κ1) is 28.8. The summed E-state index contributed by atoms with van der Waals surface area (Å²) in [5.74, 6) is 0. The molecule has 0 unspecified atom stereocenters. The van der Waals surface area contributed by atoms with Crippen molar-refractivity contribution >= 4 is 35.7 Å². The summed E-state index contributed by atoms with van der Waals surface area (Å²) in [5, 5.41) is 0. The van der Waals surface area contributed by atoms with Crippen molar-refractivity contribution in [2.75, 3.05) is 36.0 Å². The van der Waals surface area contributed by atoms with Gasteiger partial charge in [-0.2, -0.15) is 0 Å². The van der Waals surface area contributed by atoms with E-state index in [0.29, 0.717) is 0 Å². The van der Waals surface area contributed by atoms with Crippen LogP contribution in [-0.4, -0.2) is 26.2 Å². The van der Waals surface area contributed by atoms with Crippen LogP contribution in [0.5, 0.6) is 0 Å². The van der Waals surface area contributed by atoms with Crippen LogP contribution in [0, 0.1) is 13.8 Å². The first-order valence-electron chi connectivity index (χ1n) is 14.0. The van der Waals surface area contributed by atoms with E-state index in [0.717, 1.165) is 26.2 Å². The van der Waals surface area contributed by atoms with Crippen LogP contribution in [0.15, 0.2) is 85.0 Å². The van der Waals surface area contributed by atoms with E-state index in [4.69, 9.17) is 0 Å². The minimum Gasteiger partial charge on any atom is -0.372 e. The van der Waals surface area contributed by atoms with Gasteiger partial charge in [0.05, 0.1) is 0 Å². The minimum atomic E-state index is 1.01. The Morgan fingerprint density at radius 1 is 0.526 bits per heavy atom. The molecular weight excluding hydrogens is 460 g/mol. The molecule has 0 radical (unpaired) electrons. The molecule has 0 fully saturated rings. The highest BCUT2D eigenvalue weighted by Crippen LogP contribution is 2.24. The number of aryl methyl sites for hydroxylation is 2. The van der Waals surface area contributed by atoms with E-state index in [-0.39, 0.29) is 0 Å². The standard InChI is InChI=1S/C36H44N2/c1-7-37(8-2)35-26-25-33(30(6)28-35)17-13-11-15-31-20-22-32(23-21-31)16-12-14-18-34-24-19-29(5)27-36(34)38(9-3)10-4/h11-28H,7-10H2,1-6H3. The Morgan fingerprint density at radius 2 is 1.03 bits per heavy atom. The summed E-state index contributed by atoms with van der Waals surface area (Å²) in [6.07, 6.45) is 17.2. The van der Waals surface area contributed by atoms with Gasteiger partial charge in [0, 0.05) is 37.6 Å². The molecule has 0 aliphatic heterocycles. The number of anilines is 2. The quantitative estimate of drug-likeness (QED) is 0.227. The lowest BCUT2D eigenvalue weighted by Gasteiger charge is -2.23. The van der Waals surface area contributed by atoms with Gasteiger partial charge in [0.2, 0.25) is 0 Å². The zero-order valence-corrected chi connectivity index (χ0v) is 24.1. The van der Waals surface area contributed by atoms with Crippen molar-refractivity contribution < 1.29 is 0 Å². The van der Waals surface area contributed by atoms with Crippen molar-refractivity contribution in [1.82, 2.24) is 0 Å². The molecule has 0 saturated heterocycles. The van der Waals surface area contributed by atoms with Gasteiger partial charge < -0.3 is 9.80 Å². The third kappa shape index (κ3) is 8.11. The minimum absolute atomic E-state index is 1.01. The van der Waals surface area contributed by atoms with E-state index < -0.39 is 0 Å². The second kappa shape index (κ2) is 14.8. The number of benzene rings is 3. The monoisotopic (exact) mass is 504 g/mol. The number of hydrogen-bond acceptors (Lipinski definition) is 2. The molecule has 0 aliphatic carbocycles. The van der Waals surface area contributed by atoms with Crippen LogP contribution >= 0.6 is 0 Å². The van der Waals surface area contributed by atoms with Gasteiger partial charge in [-0.25, -0.2) is 0 Å². The van der Waals surface area contributed by atoms with E-state index in [2.05, 4.69) is 161 Å². The lowest BCUT2D eigenvalue weighted by Crippen LogP contribution is -2.22. The molecule has 198 valence electrons. The Bertz CT molecular complexity index is 1270. The lowest BCUT2D eigenvalue weighted by molar-refractivity contribution is 0.864. The molecular formula is C36H44N2. The molecule has 0 amide bonds. The van der Waals surface area contributed by atoms with Gasteiger partial charge in [0.25, 0.3) is 0 Å². The van der Waals surface area contributed by atoms with E-state index >= 15 is 0 Å². The maximum absolute atomic E-state index is 2.40. The average molecular weight is 505 g/mol. The van der Waals surface area contributed by atoms with E-state index in [1.165, 1.54) is 44.8 Å². The van der Waals surface area contributed by atoms with Crippen molar-refractivity contribution in [3.05, 3.63) is 118 Å². The second-order valence-electron chi connectivity index (χ2n) is 9.55. The third-order valence-electron chi connectivity index (χ3n) is 6.96. The summed E-state index contributed by atoms with van der Waals surface area (Å²) in [6, 6.07) is 22.0. The molecule has 2 nitrogen and oxygen atoms in total. The second-order valence-corrected chi connectivity index (χ2v) is 9.55. The highest BCUT2D eigenvalue weighted by Gasteiger charge is 2.06. The smallest absolute Gasteiger partial charge is 0.0442 e. The number of hydrogen-bond donors (Lipinski definition) is 0. The molecule has 0 aliphatic rings. The number of nitrogens with zero attached hydrogens (tertiary/aromatic N) is 2. The maximum atomic E-state index is 2.40. The molecule has 0 atom stereocenters. The van der Waals surface area contributed by atoms with Crippen LogP contribution in [0.3, 0.4) is 0 Å². The number of rotatable bonds is 12. The summed E-state index contributed by atoms with van der Waals surface area (Å²) in [7, 11) is 0. The van der Waals surface area contributed by atoms with Crippen LogP contribution < -0.4 is 9.80 Å². The fraction of sp³-hybridized carbons (Fsp3) is 0.278. The summed E-state index contributed by atoms with van der Waals surface area (Å²) < 4.78 is 0. The van der Waals surface area contributed by atoms with E-state index in [1.54, 1.807) is 0 Å². The topological polar surface area (TPSA) is 6.48 Å². The van der Waals surface area contributed by atoms with E-state index in [1.807, 2.05) is 0 Å². The van der Waals surface area contributed by atoms with Gasteiger partial charge in [0.1, 0.15) is 0 Å². The summed E-state index contributed by atoms with van der Waals surface area (Å²) >= 11 is 0. The van der Waals surface area contributed by atoms with Crippen LogP contribution in [0.1, 0.15) is 61.1 Å². The largest absolute Gasteiger partial charge is 0.372 e. The highest BCUT2D eigenvalue weighted by molar-refractivity contribution is 5.70. The summed E-state index contributed by atoms with van der Waals surface area (Å²) in [6.45, 7) is 17.2. The van der Waals surface area contributed by atoms with Crippen molar-refractivity contribution in [3.8, 4) is 0 Å². The molecule has 0 bridgehead atoms. The molecule has 0 aromatic heterocycles. The number of allylic oxidation sites excluding steroid dienone is 4. The first-order valence-corrected chi connectivity index (χ1v) is 14.0. The summed E-state index contributed by atoms with van der Waals surface area (Å²) in [4.78, 5) is 4.78. The predicted molar refractivity (Wildman–Crippen MR) is 172 cm³/mol. The van der Waals surface area contributed by atoms with Gasteiger partial charge in [-0.3, -0.25) is 0 Å². The highest BCUT2D eigenvalue weighted by atomic mass is 15.1. The normalized spacial score (nSPS) is 11.9. The van der Waals surface area contributed by atoms with Crippen molar-refractivity contribution in [2.45, 2.75) is 41.5 Å². The molecule has 3 rings (SSSR count).